The predicted molar refractivity (Wildman–Crippen MR) is 104 cm³/mol. The molecule has 0 saturated carbocycles. The van der Waals surface area contributed by atoms with Gasteiger partial charge >= 0.3 is 0 Å². The van der Waals surface area contributed by atoms with Crippen molar-refractivity contribution in [2.45, 2.75) is 23.8 Å². The van der Waals surface area contributed by atoms with E-state index in [0.717, 1.165) is 31.5 Å². The summed E-state index contributed by atoms with van der Waals surface area (Å²) in [5.41, 5.74) is 0.595. The number of anilines is 1. The normalized spacial score (nSPS) is 16.3. The van der Waals surface area contributed by atoms with Gasteiger partial charge in [0.25, 0.3) is 15.9 Å². The topological polar surface area (TPSA) is 87.3 Å². The van der Waals surface area contributed by atoms with Gasteiger partial charge in [0.1, 0.15) is 0 Å². The maximum Gasteiger partial charge on any atom is 0.261 e. The molecule has 2 aromatic rings. The summed E-state index contributed by atoms with van der Waals surface area (Å²) in [6.07, 6.45) is 2.11. The number of hydrogen-bond acceptors (Lipinski definition) is 4. The van der Waals surface area contributed by atoms with Gasteiger partial charge in [-0.3, -0.25) is 9.52 Å². The molecular weight excluding hydrogens is 412 g/mol. The van der Waals surface area contributed by atoms with Gasteiger partial charge in [0.2, 0.25) is 0 Å². The van der Waals surface area contributed by atoms with Gasteiger partial charge in [0.15, 0.2) is 11.6 Å². The van der Waals surface area contributed by atoms with Crippen LogP contribution in [0.15, 0.2) is 47.4 Å². The fraction of sp³-hybridized carbons (Fsp3) is 0.278. The highest BCUT2D eigenvalue weighted by Crippen LogP contribution is 2.19. The Bertz CT molecular complexity index is 934. The maximum atomic E-state index is 13.3. The molecule has 152 valence electrons. The molecule has 0 spiro atoms. The number of carbonyl (C=O) groups excluding carboxylic acids is 1. The molecular formula is C18H20ClF2N3O3S. The van der Waals surface area contributed by atoms with Crippen molar-refractivity contribution in [3.05, 3.63) is 59.7 Å². The fourth-order valence-electron chi connectivity index (χ4n) is 2.80. The van der Waals surface area contributed by atoms with Gasteiger partial charge < -0.3 is 10.6 Å². The zero-order chi connectivity index (χ0) is 19.4. The van der Waals surface area contributed by atoms with E-state index in [2.05, 4.69) is 15.4 Å². The lowest BCUT2D eigenvalue weighted by molar-refractivity contribution is 0.0950. The summed E-state index contributed by atoms with van der Waals surface area (Å²) in [5.74, 6) is -2.63. The van der Waals surface area contributed by atoms with Crippen molar-refractivity contribution in [1.29, 1.82) is 0 Å². The molecule has 1 aliphatic rings. The van der Waals surface area contributed by atoms with Crippen LogP contribution in [-0.2, 0) is 10.0 Å². The lowest BCUT2D eigenvalue weighted by Crippen LogP contribution is -2.37. The van der Waals surface area contributed by atoms with Crippen molar-refractivity contribution < 1.29 is 22.0 Å². The van der Waals surface area contributed by atoms with Crippen LogP contribution in [0.3, 0.4) is 0 Å². The van der Waals surface area contributed by atoms with E-state index in [4.69, 9.17) is 0 Å². The second kappa shape index (κ2) is 9.31. The molecule has 0 radical (unpaired) electrons. The SMILES string of the molecule is Cl.O=C(NCC1CCCN1)c1ccc(NS(=O)(=O)c2ccc(F)c(F)c2)cc1. The second-order valence-corrected chi connectivity index (χ2v) is 7.94. The second-order valence-electron chi connectivity index (χ2n) is 6.26. The number of benzene rings is 2. The molecule has 0 aliphatic carbocycles. The van der Waals surface area contributed by atoms with E-state index < -0.39 is 26.6 Å². The number of rotatable bonds is 6. The van der Waals surface area contributed by atoms with Crippen LogP contribution in [0, 0.1) is 11.6 Å². The largest absolute Gasteiger partial charge is 0.350 e. The quantitative estimate of drug-likeness (QED) is 0.656. The Hall–Kier alpha value is -2.23. The van der Waals surface area contributed by atoms with Gasteiger partial charge in [0.05, 0.1) is 4.90 Å². The maximum absolute atomic E-state index is 13.3. The standard InChI is InChI=1S/C18H19F2N3O3S.ClH/c19-16-8-7-15(10-17(16)20)27(25,26)23-13-5-3-12(4-6-13)18(24)22-11-14-2-1-9-21-14;/h3-8,10,14,21,23H,1-2,9,11H2,(H,22,24);1H. The Morgan fingerprint density at radius 2 is 1.82 bits per heavy atom. The molecule has 1 fully saturated rings. The van der Waals surface area contributed by atoms with E-state index in [1.165, 1.54) is 24.3 Å². The average molecular weight is 432 g/mol. The number of sulfonamides is 1. The van der Waals surface area contributed by atoms with E-state index in [9.17, 15) is 22.0 Å². The summed E-state index contributed by atoms with van der Waals surface area (Å²) >= 11 is 0. The summed E-state index contributed by atoms with van der Waals surface area (Å²) in [6, 6.07) is 8.43. The Balaban J connectivity index is 0.00000280. The number of nitrogens with one attached hydrogen (secondary N) is 3. The number of halogens is 3. The van der Waals surface area contributed by atoms with Crippen LogP contribution in [0.25, 0.3) is 0 Å². The van der Waals surface area contributed by atoms with E-state index >= 15 is 0 Å². The smallest absolute Gasteiger partial charge is 0.261 e. The van der Waals surface area contributed by atoms with E-state index in [1.54, 1.807) is 0 Å². The van der Waals surface area contributed by atoms with Gasteiger partial charge in [0, 0.05) is 23.8 Å². The minimum absolute atomic E-state index is 0. The lowest BCUT2D eigenvalue weighted by atomic mass is 10.2. The van der Waals surface area contributed by atoms with Gasteiger partial charge in [-0.25, -0.2) is 17.2 Å². The monoisotopic (exact) mass is 431 g/mol. The van der Waals surface area contributed by atoms with Crippen molar-refractivity contribution >= 4 is 34.0 Å². The third-order valence-corrected chi connectivity index (χ3v) is 5.65. The lowest BCUT2D eigenvalue weighted by Gasteiger charge is -2.12. The predicted octanol–water partition coefficient (Wildman–Crippen LogP) is 2.67. The summed E-state index contributed by atoms with van der Waals surface area (Å²) in [7, 11) is -4.07. The third kappa shape index (κ3) is 5.40. The first-order valence-electron chi connectivity index (χ1n) is 8.45. The number of carbonyl (C=O) groups is 1. The van der Waals surface area contributed by atoms with Crippen molar-refractivity contribution in [2.75, 3.05) is 17.8 Å². The van der Waals surface area contributed by atoms with Crippen molar-refractivity contribution in [2.24, 2.45) is 0 Å². The van der Waals surface area contributed by atoms with Crippen molar-refractivity contribution in [3.63, 3.8) is 0 Å². The zero-order valence-electron chi connectivity index (χ0n) is 14.7. The molecule has 1 heterocycles. The van der Waals surface area contributed by atoms with Crippen LogP contribution in [-0.4, -0.2) is 33.5 Å². The van der Waals surface area contributed by atoms with Gasteiger partial charge in [-0.15, -0.1) is 12.4 Å². The molecule has 0 aromatic heterocycles. The van der Waals surface area contributed by atoms with Gasteiger partial charge in [-0.1, -0.05) is 0 Å². The van der Waals surface area contributed by atoms with Crippen LogP contribution in [0.4, 0.5) is 14.5 Å². The van der Waals surface area contributed by atoms with Crippen LogP contribution >= 0.6 is 12.4 Å². The van der Waals surface area contributed by atoms with Crippen LogP contribution in [0.5, 0.6) is 0 Å². The Kier molecular flexibility index (Phi) is 7.34. The van der Waals surface area contributed by atoms with Gasteiger partial charge in [-0.2, -0.15) is 0 Å². The number of hydrogen-bond donors (Lipinski definition) is 3. The number of amides is 1. The van der Waals surface area contributed by atoms with Crippen LogP contribution in [0.2, 0.25) is 0 Å². The van der Waals surface area contributed by atoms with E-state index in [1.807, 2.05) is 0 Å². The summed E-state index contributed by atoms with van der Waals surface area (Å²) < 4.78 is 53.0. The molecule has 1 amide bonds. The molecule has 1 atom stereocenters. The highest BCUT2D eigenvalue weighted by Gasteiger charge is 2.18. The molecule has 1 aliphatic heterocycles. The minimum Gasteiger partial charge on any atom is -0.350 e. The molecule has 0 bridgehead atoms. The molecule has 3 N–H and O–H groups in total. The first kappa shape index (κ1) is 22.1. The molecule has 6 nitrogen and oxygen atoms in total. The Morgan fingerprint density at radius 3 is 2.43 bits per heavy atom. The summed E-state index contributed by atoms with van der Waals surface area (Å²) in [6.45, 7) is 1.48. The van der Waals surface area contributed by atoms with Crippen molar-refractivity contribution in [3.8, 4) is 0 Å². The highest BCUT2D eigenvalue weighted by atomic mass is 35.5. The molecule has 1 unspecified atom stereocenters. The molecule has 28 heavy (non-hydrogen) atoms. The molecule has 10 heteroatoms. The summed E-state index contributed by atoms with van der Waals surface area (Å²) in [4.78, 5) is 11.7. The first-order valence-corrected chi connectivity index (χ1v) is 9.93. The Morgan fingerprint density at radius 1 is 1.11 bits per heavy atom. The summed E-state index contributed by atoms with van der Waals surface area (Å²) in [5, 5.41) is 6.11. The average Bonchev–Trinajstić information content (AvgIpc) is 3.16. The van der Waals surface area contributed by atoms with Crippen LogP contribution < -0.4 is 15.4 Å². The first-order chi connectivity index (χ1) is 12.8. The third-order valence-electron chi connectivity index (χ3n) is 4.27. The van der Waals surface area contributed by atoms with E-state index in [-0.39, 0.29) is 30.0 Å². The zero-order valence-corrected chi connectivity index (χ0v) is 16.4. The minimum atomic E-state index is -4.07. The van der Waals surface area contributed by atoms with Crippen molar-refractivity contribution in [1.82, 2.24) is 10.6 Å². The Labute approximate surface area is 168 Å². The molecule has 3 rings (SSSR count). The molecule has 2 aromatic carbocycles. The van der Waals surface area contributed by atoms with E-state index in [0.29, 0.717) is 18.2 Å². The fourth-order valence-corrected chi connectivity index (χ4v) is 3.87. The van der Waals surface area contributed by atoms with Crippen LogP contribution in [0.1, 0.15) is 23.2 Å². The molecule has 1 saturated heterocycles. The highest BCUT2D eigenvalue weighted by molar-refractivity contribution is 7.92. The van der Waals surface area contributed by atoms with Gasteiger partial charge in [-0.05, 0) is 61.9 Å².